The van der Waals surface area contributed by atoms with Crippen LogP contribution in [-0.4, -0.2) is 11.2 Å². The second kappa shape index (κ2) is 10.8. The Kier molecular flexibility index (Phi) is 8.26. The molecule has 0 bridgehead atoms. The van der Waals surface area contributed by atoms with Crippen molar-refractivity contribution in [1.82, 2.24) is 0 Å². The average molecular weight is 605 g/mol. The van der Waals surface area contributed by atoms with Crippen LogP contribution >= 0.6 is 22.6 Å². The molecule has 4 aliphatic carbocycles. The lowest BCUT2D eigenvalue weighted by Gasteiger charge is -2.63. The second-order valence-electron chi connectivity index (χ2n) is 14.7. The molecule has 2 heteroatoms. The minimum absolute atomic E-state index is 0.117. The molecular weight excluding hydrogens is 551 g/mol. The van der Waals surface area contributed by atoms with Crippen molar-refractivity contribution in [3.05, 3.63) is 33.4 Å². The minimum Gasteiger partial charge on any atom is -0.393 e. The highest BCUT2D eigenvalue weighted by atomic mass is 127. The third-order valence-electron chi connectivity index (χ3n) is 12.5. The Morgan fingerprint density at radius 2 is 1.61 bits per heavy atom. The third kappa shape index (κ3) is 4.98. The smallest absolute Gasteiger partial charge is 0.0574 e. The van der Waals surface area contributed by atoms with Gasteiger partial charge in [0, 0.05) is 3.57 Å². The van der Waals surface area contributed by atoms with Gasteiger partial charge in [-0.1, -0.05) is 66.0 Å². The molecule has 1 aromatic rings. The van der Waals surface area contributed by atoms with Crippen molar-refractivity contribution in [3.8, 4) is 0 Å². The number of hydrogen-bond donors (Lipinski definition) is 1. The van der Waals surface area contributed by atoms with Gasteiger partial charge < -0.3 is 5.11 Å². The first-order valence-electron chi connectivity index (χ1n) is 15.6. The maximum Gasteiger partial charge on any atom is 0.0574 e. The van der Waals surface area contributed by atoms with Crippen molar-refractivity contribution >= 4 is 22.6 Å². The Morgan fingerprint density at radius 3 is 2.36 bits per heavy atom. The standard InChI is InChI=1S/C34H53IO/c1-22(2)8-6-9-23(3)28-14-15-29-26-12-13-30-27(21-24-10-7-11-25(35)20-24)32(36)17-19-34(30,5)31(26)16-18-33(28,29)4/h7,10-11,20,22-23,26-32,36H,6,8-9,12-19,21H2,1-5H3/t23-,26?,27+,28-,29?,30?,31?,32-,33-,34+/m1/s1. The summed E-state index contributed by atoms with van der Waals surface area (Å²) in [6, 6.07) is 9.03. The summed E-state index contributed by atoms with van der Waals surface area (Å²) in [5.74, 6) is 6.59. The Labute approximate surface area is 236 Å². The van der Waals surface area contributed by atoms with Crippen LogP contribution in [0.4, 0.5) is 0 Å². The molecule has 4 unspecified atom stereocenters. The van der Waals surface area contributed by atoms with Crippen molar-refractivity contribution in [3.63, 3.8) is 0 Å². The number of benzene rings is 1. The molecule has 0 aromatic heterocycles. The number of aliphatic hydroxyl groups excluding tert-OH is 1. The first kappa shape index (κ1) is 27.5. The lowest BCUT2D eigenvalue weighted by atomic mass is 9.42. The molecule has 202 valence electrons. The molecule has 0 saturated heterocycles. The number of rotatable bonds is 7. The van der Waals surface area contributed by atoms with E-state index in [9.17, 15) is 5.11 Å². The van der Waals surface area contributed by atoms with E-state index < -0.39 is 0 Å². The summed E-state index contributed by atoms with van der Waals surface area (Å²) in [4.78, 5) is 0. The van der Waals surface area contributed by atoms with Gasteiger partial charge in [-0.25, -0.2) is 0 Å². The van der Waals surface area contributed by atoms with Gasteiger partial charge in [0.2, 0.25) is 0 Å². The minimum atomic E-state index is -0.117. The molecular formula is C34H53IO. The Balaban J connectivity index is 1.31. The molecule has 1 N–H and O–H groups in total. The largest absolute Gasteiger partial charge is 0.393 e. The SMILES string of the molecule is CC(C)CCC[C@@H](C)[C@H]1CCC2C3CCC4[C@H](Cc5cccc(I)c5)[C@H](O)CC[C@]4(C)C3CC[C@@]21C. The molecule has 0 radical (unpaired) electrons. The fraction of sp³-hybridized carbons (Fsp3) is 0.824. The van der Waals surface area contributed by atoms with E-state index in [0.29, 0.717) is 22.7 Å². The van der Waals surface area contributed by atoms with Gasteiger partial charge in [-0.05, 0) is 156 Å². The van der Waals surface area contributed by atoms with Gasteiger partial charge in [-0.15, -0.1) is 0 Å². The summed E-state index contributed by atoms with van der Waals surface area (Å²) in [5, 5.41) is 11.2. The van der Waals surface area contributed by atoms with E-state index in [2.05, 4.69) is 81.5 Å². The van der Waals surface area contributed by atoms with E-state index in [0.717, 1.165) is 48.3 Å². The molecule has 1 nitrogen and oxygen atoms in total. The predicted octanol–water partition coefficient (Wildman–Crippen LogP) is 9.54. The number of halogens is 1. The Bertz CT molecular complexity index is 895. The van der Waals surface area contributed by atoms with Crippen molar-refractivity contribution < 1.29 is 5.11 Å². The zero-order valence-corrected chi connectivity index (χ0v) is 26.0. The van der Waals surface area contributed by atoms with Crippen LogP contribution in [0.15, 0.2) is 24.3 Å². The maximum absolute atomic E-state index is 11.2. The summed E-state index contributed by atoms with van der Waals surface area (Å²) < 4.78 is 1.32. The Morgan fingerprint density at radius 1 is 0.889 bits per heavy atom. The van der Waals surface area contributed by atoms with Crippen LogP contribution in [-0.2, 0) is 6.42 Å². The van der Waals surface area contributed by atoms with Crippen molar-refractivity contribution in [1.29, 1.82) is 0 Å². The predicted molar refractivity (Wildman–Crippen MR) is 161 cm³/mol. The first-order chi connectivity index (χ1) is 17.1. The third-order valence-corrected chi connectivity index (χ3v) is 13.2. The summed E-state index contributed by atoms with van der Waals surface area (Å²) in [6.07, 6.45) is 16.1. The topological polar surface area (TPSA) is 20.2 Å². The number of fused-ring (bicyclic) bond motifs is 5. The van der Waals surface area contributed by atoms with Crippen molar-refractivity contribution in [2.45, 2.75) is 118 Å². The van der Waals surface area contributed by atoms with Gasteiger partial charge in [0.15, 0.2) is 0 Å². The fourth-order valence-corrected chi connectivity index (χ4v) is 11.3. The molecule has 4 fully saturated rings. The lowest BCUT2D eigenvalue weighted by molar-refractivity contribution is -0.152. The van der Waals surface area contributed by atoms with E-state index in [1.54, 1.807) is 0 Å². The van der Waals surface area contributed by atoms with Crippen LogP contribution in [0, 0.1) is 61.7 Å². The fourth-order valence-electron chi connectivity index (χ4n) is 10.7. The molecule has 10 atom stereocenters. The highest BCUT2D eigenvalue weighted by Gasteiger charge is 2.61. The first-order valence-corrected chi connectivity index (χ1v) is 16.6. The zero-order valence-electron chi connectivity index (χ0n) is 23.8. The van der Waals surface area contributed by atoms with E-state index in [-0.39, 0.29) is 6.10 Å². The normalized spacial score (nSPS) is 43.1. The van der Waals surface area contributed by atoms with Gasteiger partial charge in [-0.2, -0.15) is 0 Å². The van der Waals surface area contributed by atoms with E-state index >= 15 is 0 Å². The highest BCUT2D eigenvalue weighted by molar-refractivity contribution is 14.1. The summed E-state index contributed by atoms with van der Waals surface area (Å²) in [6.45, 7) is 12.8. The molecule has 0 heterocycles. The molecule has 0 amide bonds. The zero-order chi connectivity index (χ0) is 25.7. The monoisotopic (exact) mass is 604 g/mol. The summed E-state index contributed by atoms with van der Waals surface area (Å²) >= 11 is 2.44. The average Bonchev–Trinajstić information content (AvgIpc) is 3.18. The molecule has 0 spiro atoms. The molecule has 36 heavy (non-hydrogen) atoms. The molecule has 0 aliphatic heterocycles. The lowest BCUT2D eigenvalue weighted by Crippen LogP contribution is -2.57. The second-order valence-corrected chi connectivity index (χ2v) is 15.9. The van der Waals surface area contributed by atoms with E-state index in [1.165, 1.54) is 73.3 Å². The van der Waals surface area contributed by atoms with Crippen LogP contribution < -0.4 is 0 Å². The number of aliphatic hydroxyl groups is 1. The van der Waals surface area contributed by atoms with Gasteiger partial charge in [0.1, 0.15) is 0 Å². The van der Waals surface area contributed by atoms with Crippen molar-refractivity contribution in [2.24, 2.45) is 58.2 Å². The van der Waals surface area contributed by atoms with Crippen LogP contribution in [0.5, 0.6) is 0 Å². The van der Waals surface area contributed by atoms with Gasteiger partial charge in [0.05, 0.1) is 6.10 Å². The summed E-state index contributed by atoms with van der Waals surface area (Å²) in [5.41, 5.74) is 2.44. The molecule has 4 saturated carbocycles. The van der Waals surface area contributed by atoms with Crippen LogP contribution in [0.2, 0.25) is 0 Å². The van der Waals surface area contributed by atoms with Gasteiger partial charge in [0.25, 0.3) is 0 Å². The van der Waals surface area contributed by atoms with Crippen molar-refractivity contribution in [2.75, 3.05) is 0 Å². The molecule has 4 aliphatic rings. The Hall–Kier alpha value is -0.0900. The van der Waals surface area contributed by atoms with E-state index in [1.807, 2.05) is 0 Å². The quantitative estimate of drug-likeness (QED) is 0.308. The van der Waals surface area contributed by atoms with Gasteiger partial charge in [-0.3, -0.25) is 0 Å². The van der Waals surface area contributed by atoms with Crippen LogP contribution in [0.1, 0.15) is 111 Å². The van der Waals surface area contributed by atoms with E-state index in [4.69, 9.17) is 0 Å². The maximum atomic E-state index is 11.2. The molecule has 5 rings (SSSR count). The van der Waals surface area contributed by atoms with Gasteiger partial charge >= 0.3 is 0 Å². The van der Waals surface area contributed by atoms with Crippen LogP contribution in [0.3, 0.4) is 0 Å². The molecule has 1 aromatic carbocycles. The summed E-state index contributed by atoms with van der Waals surface area (Å²) in [7, 11) is 0. The highest BCUT2D eigenvalue weighted by Crippen LogP contribution is 2.69. The van der Waals surface area contributed by atoms with Crippen LogP contribution in [0.25, 0.3) is 0 Å². The number of hydrogen-bond acceptors (Lipinski definition) is 1.